The maximum absolute atomic E-state index is 12.7. The van der Waals surface area contributed by atoms with E-state index in [1.807, 2.05) is 0 Å². The van der Waals surface area contributed by atoms with E-state index in [4.69, 9.17) is 15.2 Å². The summed E-state index contributed by atoms with van der Waals surface area (Å²) in [6.45, 7) is -0.307. The summed E-state index contributed by atoms with van der Waals surface area (Å²) < 4.78 is 48.2. The van der Waals surface area contributed by atoms with Crippen LogP contribution in [0.5, 0.6) is 11.5 Å². The number of nitrogens with two attached hydrogens (primary N) is 1. The van der Waals surface area contributed by atoms with E-state index in [0.29, 0.717) is 11.4 Å². The Morgan fingerprint density at radius 1 is 1.19 bits per heavy atom. The summed E-state index contributed by atoms with van der Waals surface area (Å²) in [4.78, 5) is 3.98. The third kappa shape index (κ3) is 6.70. The summed E-state index contributed by atoms with van der Waals surface area (Å²) in [7, 11) is 1.54. The van der Waals surface area contributed by atoms with Gasteiger partial charge in [0.25, 0.3) is 0 Å². The van der Waals surface area contributed by atoms with Crippen LogP contribution in [0.2, 0.25) is 0 Å². The van der Waals surface area contributed by atoms with E-state index in [2.05, 4.69) is 10.3 Å². The first-order valence-corrected chi connectivity index (χ1v) is 7.97. The van der Waals surface area contributed by atoms with E-state index < -0.39 is 17.8 Å². The Hall–Kier alpha value is -2.94. The third-order valence-corrected chi connectivity index (χ3v) is 3.42. The fraction of sp³-hybridized carbons (Fsp3) is 0.278. The van der Waals surface area contributed by atoms with Gasteiger partial charge in [-0.15, -0.1) is 0 Å². The number of aliphatic hydroxyl groups is 1. The highest BCUT2D eigenvalue weighted by molar-refractivity contribution is 5.92. The molecule has 0 aliphatic heterocycles. The van der Waals surface area contributed by atoms with E-state index >= 15 is 0 Å². The van der Waals surface area contributed by atoms with Crippen LogP contribution in [0.4, 0.5) is 18.9 Å². The molecule has 1 atom stereocenters. The number of halogens is 3. The topological polar surface area (TPSA) is 89.1 Å². The molecule has 9 heteroatoms. The minimum absolute atomic E-state index is 0.00957. The molecule has 0 aliphatic carbocycles. The normalized spacial score (nSPS) is 13.1. The zero-order valence-electron chi connectivity index (χ0n) is 14.5. The van der Waals surface area contributed by atoms with Gasteiger partial charge in [0.2, 0.25) is 0 Å². The molecule has 0 spiro atoms. The maximum Gasteiger partial charge on any atom is 0.416 e. The number of ether oxygens (including phenoxy) is 2. The van der Waals surface area contributed by atoms with Gasteiger partial charge in [0.1, 0.15) is 24.2 Å². The maximum atomic E-state index is 12.7. The molecule has 6 nitrogen and oxygen atoms in total. The number of hydrogen-bond donors (Lipinski definition) is 3. The van der Waals surface area contributed by atoms with E-state index in [1.54, 1.807) is 24.3 Å². The van der Waals surface area contributed by atoms with Gasteiger partial charge in [-0.1, -0.05) is 12.1 Å². The molecule has 0 amide bonds. The minimum atomic E-state index is -4.46. The summed E-state index contributed by atoms with van der Waals surface area (Å²) in [5, 5.41) is 12.7. The summed E-state index contributed by atoms with van der Waals surface area (Å²) in [6.07, 6.45) is -5.49. The van der Waals surface area contributed by atoms with Crippen molar-refractivity contribution in [3.05, 3.63) is 54.1 Å². The summed E-state index contributed by atoms with van der Waals surface area (Å²) in [5.41, 5.74) is 5.58. The largest absolute Gasteiger partial charge is 0.497 e. The lowest BCUT2D eigenvalue weighted by Crippen LogP contribution is -2.27. The van der Waals surface area contributed by atoms with Crippen molar-refractivity contribution in [3.63, 3.8) is 0 Å². The number of aliphatic imine (C=N–C) groups is 1. The lowest BCUT2D eigenvalue weighted by Gasteiger charge is -2.13. The smallest absolute Gasteiger partial charge is 0.416 e. The molecular weight excluding hydrogens is 363 g/mol. The van der Waals surface area contributed by atoms with Gasteiger partial charge in [0.15, 0.2) is 5.96 Å². The third-order valence-electron chi connectivity index (χ3n) is 3.42. The molecule has 2 aromatic carbocycles. The van der Waals surface area contributed by atoms with Gasteiger partial charge in [-0.25, -0.2) is 0 Å². The Labute approximate surface area is 154 Å². The number of guanidine groups is 1. The molecule has 0 bridgehead atoms. The van der Waals surface area contributed by atoms with Crippen LogP contribution in [0.25, 0.3) is 0 Å². The van der Waals surface area contributed by atoms with Crippen LogP contribution in [0, 0.1) is 0 Å². The van der Waals surface area contributed by atoms with E-state index in [9.17, 15) is 18.3 Å². The van der Waals surface area contributed by atoms with Crippen LogP contribution >= 0.6 is 0 Å². The molecule has 0 saturated carbocycles. The molecule has 0 saturated heterocycles. The predicted molar refractivity (Wildman–Crippen MR) is 96.1 cm³/mol. The second kappa shape index (κ2) is 9.13. The van der Waals surface area contributed by atoms with Gasteiger partial charge in [-0.2, -0.15) is 13.2 Å². The molecule has 0 radical (unpaired) electrons. The highest BCUT2D eigenvalue weighted by atomic mass is 19.4. The van der Waals surface area contributed by atoms with Crippen molar-refractivity contribution >= 4 is 11.6 Å². The van der Waals surface area contributed by atoms with Crippen LogP contribution in [-0.2, 0) is 6.18 Å². The van der Waals surface area contributed by atoms with E-state index in [1.165, 1.54) is 19.2 Å². The van der Waals surface area contributed by atoms with Crippen molar-refractivity contribution in [2.24, 2.45) is 10.7 Å². The quantitative estimate of drug-likeness (QED) is 0.505. The average Bonchev–Trinajstić information content (AvgIpc) is 2.64. The summed E-state index contributed by atoms with van der Waals surface area (Å²) in [6, 6.07) is 11.4. The van der Waals surface area contributed by atoms with E-state index in [0.717, 1.165) is 12.1 Å². The van der Waals surface area contributed by atoms with Gasteiger partial charge in [0.05, 0.1) is 19.2 Å². The molecule has 0 aromatic heterocycles. The molecule has 1 unspecified atom stereocenters. The lowest BCUT2D eigenvalue weighted by molar-refractivity contribution is -0.137. The fourth-order valence-corrected chi connectivity index (χ4v) is 2.10. The van der Waals surface area contributed by atoms with Crippen LogP contribution in [0.3, 0.4) is 0 Å². The number of methoxy groups -OCH3 is 1. The van der Waals surface area contributed by atoms with E-state index in [-0.39, 0.29) is 24.9 Å². The predicted octanol–water partition coefficient (Wildman–Crippen LogP) is 2.88. The second-order valence-corrected chi connectivity index (χ2v) is 5.57. The van der Waals surface area contributed by atoms with Gasteiger partial charge in [-0.05, 0) is 30.3 Å². The van der Waals surface area contributed by atoms with Crippen molar-refractivity contribution in [1.29, 1.82) is 0 Å². The molecule has 0 fully saturated rings. The number of alkyl halides is 3. The molecule has 0 aliphatic rings. The molecule has 27 heavy (non-hydrogen) atoms. The highest BCUT2D eigenvalue weighted by Gasteiger charge is 2.30. The van der Waals surface area contributed by atoms with Crippen molar-refractivity contribution in [3.8, 4) is 11.5 Å². The average molecular weight is 383 g/mol. The van der Waals surface area contributed by atoms with Crippen molar-refractivity contribution < 1.29 is 27.8 Å². The monoisotopic (exact) mass is 383 g/mol. The van der Waals surface area contributed by atoms with Crippen LogP contribution in [0.1, 0.15) is 5.56 Å². The Balaban J connectivity index is 1.84. The van der Waals surface area contributed by atoms with Gasteiger partial charge >= 0.3 is 6.18 Å². The van der Waals surface area contributed by atoms with Crippen LogP contribution in [-0.4, -0.2) is 37.4 Å². The minimum Gasteiger partial charge on any atom is -0.497 e. The number of anilines is 1. The Morgan fingerprint density at radius 2 is 1.89 bits per heavy atom. The number of rotatable bonds is 7. The van der Waals surface area contributed by atoms with Gasteiger partial charge in [0, 0.05) is 11.8 Å². The molecule has 2 rings (SSSR count). The number of nitrogens with zero attached hydrogens (tertiary/aromatic N) is 1. The molecule has 2 aromatic rings. The first-order valence-electron chi connectivity index (χ1n) is 7.97. The zero-order valence-corrected chi connectivity index (χ0v) is 14.5. The number of benzene rings is 2. The first-order chi connectivity index (χ1) is 12.8. The molecule has 4 N–H and O–H groups in total. The second-order valence-electron chi connectivity index (χ2n) is 5.57. The lowest BCUT2D eigenvalue weighted by atomic mass is 10.2. The van der Waals surface area contributed by atoms with Gasteiger partial charge < -0.3 is 25.6 Å². The standard InChI is InChI=1S/C18H20F3N3O3/c1-26-15-6-3-5-13(9-15)24-17(22)23-10-14(25)11-27-16-7-2-4-12(8-16)18(19,20)21/h2-9,14,25H,10-11H2,1H3,(H3,22,23,24). The Morgan fingerprint density at radius 3 is 2.59 bits per heavy atom. The molecule has 0 heterocycles. The van der Waals surface area contributed by atoms with Crippen molar-refractivity contribution in [2.75, 3.05) is 25.6 Å². The van der Waals surface area contributed by atoms with Gasteiger partial charge in [-0.3, -0.25) is 4.99 Å². The van der Waals surface area contributed by atoms with Crippen molar-refractivity contribution in [2.45, 2.75) is 12.3 Å². The number of hydrogen-bond acceptors (Lipinski definition) is 4. The zero-order chi connectivity index (χ0) is 19.9. The Bertz CT molecular complexity index is 782. The highest BCUT2D eigenvalue weighted by Crippen LogP contribution is 2.31. The summed E-state index contributed by atoms with van der Waals surface area (Å²) >= 11 is 0. The molecule has 146 valence electrons. The molecular formula is C18H20F3N3O3. The number of aliphatic hydroxyl groups excluding tert-OH is 1. The SMILES string of the molecule is COc1cccc(NC(N)=NCC(O)COc2cccc(C(F)(F)F)c2)c1. The summed E-state index contributed by atoms with van der Waals surface area (Å²) in [5.74, 6) is 0.721. The first kappa shape index (κ1) is 20.4. The number of nitrogens with one attached hydrogen (secondary N) is 1. The van der Waals surface area contributed by atoms with Crippen LogP contribution in [0.15, 0.2) is 53.5 Å². The fourth-order valence-electron chi connectivity index (χ4n) is 2.10. The van der Waals surface area contributed by atoms with Crippen molar-refractivity contribution in [1.82, 2.24) is 0 Å². The van der Waals surface area contributed by atoms with Crippen LogP contribution < -0.4 is 20.5 Å². The Kier molecular flexibility index (Phi) is 6.89.